The van der Waals surface area contributed by atoms with Crippen molar-refractivity contribution in [3.05, 3.63) is 24.8 Å². The second-order valence-electron chi connectivity index (χ2n) is 1.62. The first-order chi connectivity index (χ1) is 5.15. The van der Waals surface area contributed by atoms with Crippen LogP contribution in [-0.2, 0) is 0 Å². The van der Waals surface area contributed by atoms with Crippen LogP contribution in [0.2, 0.25) is 0 Å². The van der Waals surface area contributed by atoms with Gasteiger partial charge in [0, 0.05) is 0 Å². The first kappa shape index (κ1) is 22.4. The Labute approximate surface area is 74.0 Å². The van der Waals surface area contributed by atoms with Gasteiger partial charge in [-0.2, -0.15) is 0 Å². The molecule has 0 aromatic heterocycles. The van der Waals surface area contributed by atoms with Crippen LogP contribution in [0.3, 0.4) is 0 Å². The third-order valence-corrected chi connectivity index (χ3v) is 0. The lowest BCUT2D eigenvalue weighted by atomic mass is 10.4. The second kappa shape index (κ2) is 56.3. The van der Waals surface area contributed by atoms with Crippen LogP contribution in [-0.4, -0.2) is 0 Å². The van der Waals surface area contributed by atoms with E-state index in [1.165, 1.54) is 5.57 Å². The topological polar surface area (TPSA) is 0 Å². The van der Waals surface area contributed by atoms with E-state index in [1.807, 2.05) is 48.5 Å². The zero-order valence-corrected chi connectivity index (χ0v) is 9.49. The third kappa shape index (κ3) is 1960. The van der Waals surface area contributed by atoms with E-state index in [2.05, 4.69) is 13.2 Å². The first-order valence-electron chi connectivity index (χ1n) is 4.34. The van der Waals surface area contributed by atoms with Gasteiger partial charge in [-0.05, 0) is 20.8 Å². The minimum atomic E-state index is 1.17. The molecule has 0 rings (SSSR count). The van der Waals surface area contributed by atoms with Gasteiger partial charge < -0.3 is 0 Å². The molecule has 0 fully saturated rings. The lowest BCUT2D eigenvalue weighted by molar-refractivity contribution is 1.42. The van der Waals surface area contributed by atoms with Gasteiger partial charge >= 0.3 is 0 Å². The summed E-state index contributed by atoms with van der Waals surface area (Å²) in [5.74, 6) is 0. The van der Waals surface area contributed by atoms with Crippen molar-refractivity contribution in [1.29, 1.82) is 0 Å². The molecular weight excluding hydrogens is 132 g/mol. The van der Waals surface area contributed by atoms with Gasteiger partial charge in [0.05, 0.1) is 0 Å². The van der Waals surface area contributed by atoms with E-state index in [0.717, 1.165) is 0 Å². The summed E-state index contributed by atoms with van der Waals surface area (Å²) >= 11 is 0. The summed E-state index contributed by atoms with van der Waals surface area (Å²) in [6, 6.07) is 0. The van der Waals surface area contributed by atoms with Gasteiger partial charge in [0.15, 0.2) is 0 Å². The molecule has 0 heteroatoms. The van der Waals surface area contributed by atoms with E-state index >= 15 is 0 Å². The standard InChI is InChI=1S/C4H8.C3H6.2C2H6/c1-4(2)3;1-3-2;2*1-2/h1H2,2-3H3;3H,1H2,2H3;2*1-2H3. The Hall–Kier alpha value is -0.520. The van der Waals surface area contributed by atoms with Crippen molar-refractivity contribution in [2.24, 2.45) is 0 Å². The van der Waals surface area contributed by atoms with Gasteiger partial charge in [0.25, 0.3) is 0 Å². The van der Waals surface area contributed by atoms with Crippen molar-refractivity contribution in [3.63, 3.8) is 0 Å². The summed E-state index contributed by atoms with van der Waals surface area (Å²) in [5, 5.41) is 0. The summed E-state index contributed by atoms with van der Waals surface area (Å²) in [7, 11) is 0. The SMILES string of the molecule is C=C(C)C.C=CC.CC.CC. The molecular formula is C11H26. The molecule has 11 heavy (non-hydrogen) atoms. The molecule has 0 atom stereocenters. The Morgan fingerprint density at radius 2 is 1.00 bits per heavy atom. The van der Waals surface area contributed by atoms with Gasteiger partial charge in [-0.1, -0.05) is 39.3 Å². The maximum absolute atomic E-state index is 3.56. The fourth-order valence-electron chi connectivity index (χ4n) is 0. The molecule has 0 aliphatic rings. The molecule has 0 heterocycles. The maximum Gasteiger partial charge on any atom is -0.0445 e. The van der Waals surface area contributed by atoms with E-state index in [9.17, 15) is 0 Å². The Morgan fingerprint density at radius 3 is 1.00 bits per heavy atom. The van der Waals surface area contributed by atoms with Crippen molar-refractivity contribution in [2.45, 2.75) is 48.5 Å². The van der Waals surface area contributed by atoms with Crippen molar-refractivity contribution in [1.82, 2.24) is 0 Å². The summed E-state index contributed by atoms with van der Waals surface area (Å²) < 4.78 is 0. The Bertz CT molecular complexity index is 47.1. The first-order valence-corrected chi connectivity index (χ1v) is 4.34. The van der Waals surface area contributed by atoms with E-state index in [0.29, 0.717) is 0 Å². The zero-order valence-electron chi connectivity index (χ0n) is 9.49. The average molecular weight is 158 g/mol. The van der Waals surface area contributed by atoms with Gasteiger partial charge in [0.1, 0.15) is 0 Å². The highest BCUT2D eigenvalue weighted by molar-refractivity contribution is 4.78. The summed E-state index contributed by atoms with van der Waals surface area (Å²) in [4.78, 5) is 0. The highest BCUT2D eigenvalue weighted by atomic mass is 13.6. The highest BCUT2D eigenvalue weighted by Gasteiger charge is 1.51. The monoisotopic (exact) mass is 158 g/mol. The van der Waals surface area contributed by atoms with Crippen molar-refractivity contribution in [3.8, 4) is 0 Å². The second-order valence-corrected chi connectivity index (χ2v) is 1.62. The van der Waals surface area contributed by atoms with E-state index < -0.39 is 0 Å². The molecule has 0 nitrogen and oxygen atoms in total. The summed E-state index contributed by atoms with van der Waals surface area (Å²) in [5.41, 5.74) is 1.17. The lowest BCUT2D eigenvalue weighted by Gasteiger charge is -1.65. The average Bonchev–Trinajstić information content (AvgIpc) is 1.96. The van der Waals surface area contributed by atoms with Gasteiger partial charge in [-0.3, -0.25) is 0 Å². The molecule has 0 spiro atoms. The zero-order chi connectivity index (χ0) is 10.3. The van der Waals surface area contributed by atoms with Crippen molar-refractivity contribution < 1.29 is 0 Å². The lowest BCUT2D eigenvalue weighted by Crippen LogP contribution is -1.43. The van der Waals surface area contributed by atoms with Crippen molar-refractivity contribution >= 4 is 0 Å². The molecule has 0 saturated carbocycles. The van der Waals surface area contributed by atoms with Crippen molar-refractivity contribution in [2.75, 3.05) is 0 Å². The molecule has 0 bridgehead atoms. The van der Waals surface area contributed by atoms with Crippen LogP contribution >= 0.6 is 0 Å². The van der Waals surface area contributed by atoms with Gasteiger partial charge in [-0.25, -0.2) is 0 Å². The molecule has 0 aliphatic carbocycles. The fraction of sp³-hybridized carbons (Fsp3) is 0.636. The molecule has 70 valence electrons. The molecule has 0 aromatic carbocycles. The number of allylic oxidation sites excluding steroid dienone is 2. The minimum absolute atomic E-state index is 1.17. The van der Waals surface area contributed by atoms with Crippen LogP contribution < -0.4 is 0 Å². The Morgan fingerprint density at radius 1 is 1.00 bits per heavy atom. The molecule has 0 aliphatic heterocycles. The van der Waals surface area contributed by atoms with E-state index in [4.69, 9.17) is 0 Å². The molecule has 0 N–H and O–H groups in total. The summed E-state index contributed by atoms with van der Waals surface area (Å²) in [6.45, 7) is 20.8. The van der Waals surface area contributed by atoms with Crippen LogP contribution in [0.25, 0.3) is 0 Å². The van der Waals surface area contributed by atoms with Gasteiger partial charge in [-0.15, -0.1) is 13.2 Å². The fourth-order valence-corrected chi connectivity index (χ4v) is 0. The Kier molecular flexibility index (Phi) is 115. The van der Waals surface area contributed by atoms with Gasteiger partial charge in [0.2, 0.25) is 0 Å². The quantitative estimate of drug-likeness (QED) is 0.443. The van der Waals surface area contributed by atoms with E-state index in [-0.39, 0.29) is 0 Å². The third-order valence-electron chi connectivity index (χ3n) is 0. The van der Waals surface area contributed by atoms with Crippen LogP contribution in [0.5, 0.6) is 0 Å². The smallest absolute Gasteiger partial charge is 0.0445 e. The van der Waals surface area contributed by atoms with Crippen LogP contribution in [0.1, 0.15) is 48.5 Å². The normalized spacial score (nSPS) is 4.64. The number of hydrogen-bond acceptors (Lipinski definition) is 0. The van der Waals surface area contributed by atoms with Crippen LogP contribution in [0, 0.1) is 0 Å². The molecule has 0 unspecified atom stereocenters. The number of rotatable bonds is 0. The van der Waals surface area contributed by atoms with E-state index in [1.54, 1.807) is 6.08 Å². The highest BCUT2D eigenvalue weighted by Crippen LogP contribution is 1.73. The predicted octanol–water partition coefficient (Wildman–Crippen LogP) is 4.83. The molecule has 0 amide bonds. The number of hydrogen-bond donors (Lipinski definition) is 0. The maximum atomic E-state index is 3.56. The minimum Gasteiger partial charge on any atom is -0.103 e. The molecule has 0 aromatic rings. The predicted molar refractivity (Wildman–Crippen MR) is 59.1 cm³/mol. The summed E-state index contributed by atoms with van der Waals surface area (Å²) in [6.07, 6.45) is 1.75. The van der Waals surface area contributed by atoms with Crippen LogP contribution in [0.15, 0.2) is 24.8 Å². The Balaban J connectivity index is -0.0000000315. The van der Waals surface area contributed by atoms with Crippen LogP contribution in [0.4, 0.5) is 0 Å². The molecule has 0 radical (unpaired) electrons. The largest absolute Gasteiger partial charge is 0.103 e. The molecule has 0 saturated heterocycles.